The van der Waals surface area contributed by atoms with Crippen molar-refractivity contribution in [2.24, 2.45) is 5.16 Å². The van der Waals surface area contributed by atoms with Crippen LogP contribution in [0.4, 0.5) is 19.0 Å². The first-order chi connectivity index (χ1) is 14.4. The van der Waals surface area contributed by atoms with Crippen LogP contribution in [-0.2, 0) is 0 Å². The van der Waals surface area contributed by atoms with E-state index in [-0.39, 0.29) is 16.9 Å². The maximum Gasteiger partial charge on any atom is 0.284 e. The van der Waals surface area contributed by atoms with Crippen LogP contribution < -0.4 is 10.2 Å². The van der Waals surface area contributed by atoms with Gasteiger partial charge in [0.05, 0.1) is 23.7 Å². The first-order valence-corrected chi connectivity index (χ1v) is 8.81. The molecule has 10 heteroatoms. The minimum absolute atomic E-state index is 0.0962. The third-order valence-corrected chi connectivity index (χ3v) is 4.09. The van der Waals surface area contributed by atoms with E-state index in [1.54, 1.807) is 13.0 Å². The van der Waals surface area contributed by atoms with Gasteiger partial charge >= 0.3 is 0 Å². The van der Waals surface area contributed by atoms with E-state index in [2.05, 4.69) is 25.4 Å². The average molecular weight is 415 g/mol. The zero-order valence-electron chi connectivity index (χ0n) is 16.0. The molecule has 0 aromatic carbocycles. The summed E-state index contributed by atoms with van der Waals surface area (Å²) in [5, 5.41) is 6.41. The standard InChI is InChI=1S/C20H16F3N5O2/c1-3-17(28-30-20-15(22)6-13(21)8-26-20)12-4-5-18(25-7-12)27-19(29)14-9-24-10-16(23)11(14)2/h4-10H,3H2,1-2H3,(H,25,27,29)/b28-17-. The minimum atomic E-state index is -0.979. The molecule has 0 bridgehead atoms. The smallest absolute Gasteiger partial charge is 0.284 e. The summed E-state index contributed by atoms with van der Waals surface area (Å²) in [4.78, 5) is 28.6. The van der Waals surface area contributed by atoms with Crippen LogP contribution >= 0.6 is 0 Å². The predicted octanol–water partition coefficient (Wildman–Crippen LogP) is 4.04. The van der Waals surface area contributed by atoms with Gasteiger partial charge in [-0.1, -0.05) is 12.1 Å². The van der Waals surface area contributed by atoms with E-state index in [0.29, 0.717) is 23.8 Å². The average Bonchev–Trinajstić information content (AvgIpc) is 2.73. The van der Waals surface area contributed by atoms with Crippen LogP contribution in [0.25, 0.3) is 0 Å². The lowest BCUT2D eigenvalue weighted by atomic mass is 10.1. The molecule has 0 unspecified atom stereocenters. The summed E-state index contributed by atoms with van der Waals surface area (Å²) in [6.45, 7) is 3.28. The highest BCUT2D eigenvalue weighted by molar-refractivity contribution is 6.05. The first-order valence-electron chi connectivity index (χ1n) is 8.81. The van der Waals surface area contributed by atoms with Gasteiger partial charge in [0.2, 0.25) is 0 Å². The molecule has 0 aliphatic carbocycles. The summed E-state index contributed by atoms with van der Waals surface area (Å²) in [6, 6.07) is 3.79. The Balaban J connectivity index is 1.73. The summed E-state index contributed by atoms with van der Waals surface area (Å²) in [6.07, 6.45) is 4.97. The van der Waals surface area contributed by atoms with Crippen molar-refractivity contribution in [1.82, 2.24) is 15.0 Å². The van der Waals surface area contributed by atoms with Crippen LogP contribution in [0.15, 0.2) is 48.1 Å². The van der Waals surface area contributed by atoms with Crippen LogP contribution in [-0.4, -0.2) is 26.6 Å². The lowest BCUT2D eigenvalue weighted by molar-refractivity contribution is 0.102. The van der Waals surface area contributed by atoms with Crippen LogP contribution in [0.3, 0.4) is 0 Å². The topological polar surface area (TPSA) is 89.4 Å². The van der Waals surface area contributed by atoms with E-state index in [1.807, 2.05) is 0 Å². The van der Waals surface area contributed by atoms with Crippen molar-refractivity contribution >= 4 is 17.4 Å². The van der Waals surface area contributed by atoms with Gasteiger partial charge in [0.15, 0.2) is 5.82 Å². The van der Waals surface area contributed by atoms with Gasteiger partial charge in [-0.05, 0) is 25.5 Å². The van der Waals surface area contributed by atoms with E-state index in [4.69, 9.17) is 4.84 Å². The van der Waals surface area contributed by atoms with Crippen LogP contribution in [0, 0.1) is 24.4 Å². The fraction of sp³-hybridized carbons (Fsp3) is 0.150. The molecular weight excluding hydrogens is 399 g/mol. The molecule has 1 amide bonds. The molecular formula is C20H16F3N5O2. The number of carbonyl (C=O) groups is 1. The number of anilines is 1. The van der Waals surface area contributed by atoms with Gasteiger partial charge in [0, 0.05) is 29.6 Å². The molecule has 0 fully saturated rings. The lowest BCUT2D eigenvalue weighted by Crippen LogP contribution is -2.15. The molecule has 0 saturated heterocycles. The summed E-state index contributed by atoms with van der Waals surface area (Å²) in [5.74, 6) is -3.17. The molecule has 7 nitrogen and oxygen atoms in total. The maximum absolute atomic E-state index is 13.6. The fourth-order valence-electron chi connectivity index (χ4n) is 2.44. The van der Waals surface area contributed by atoms with Crippen LogP contribution in [0.2, 0.25) is 0 Å². The number of hydrogen-bond donors (Lipinski definition) is 1. The molecule has 0 aliphatic rings. The molecule has 0 atom stereocenters. The monoisotopic (exact) mass is 415 g/mol. The molecule has 0 aliphatic heterocycles. The van der Waals surface area contributed by atoms with Crippen molar-refractivity contribution in [1.29, 1.82) is 0 Å². The Hall–Kier alpha value is -3.82. The van der Waals surface area contributed by atoms with E-state index in [1.165, 1.54) is 25.4 Å². The second-order valence-electron chi connectivity index (χ2n) is 6.10. The number of halogens is 3. The third kappa shape index (κ3) is 4.77. The summed E-state index contributed by atoms with van der Waals surface area (Å²) in [7, 11) is 0. The van der Waals surface area contributed by atoms with E-state index < -0.39 is 29.2 Å². The molecule has 3 aromatic heterocycles. The molecule has 0 saturated carbocycles. The second kappa shape index (κ2) is 9.12. The summed E-state index contributed by atoms with van der Waals surface area (Å²) < 4.78 is 40.1. The number of amides is 1. The lowest BCUT2D eigenvalue weighted by Gasteiger charge is -2.08. The predicted molar refractivity (Wildman–Crippen MR) is 103 cm³/mol. The number of oxime groups is 1. The maximum atomic E-state index is 13.6. The quantitative estimate of drug-likeness (QED) is 0.485. The molecule has 154 valence electrons. The molecule has 0 spiro atoms. The van der Waals surface area contributed by atoms with Gasteiger partial charge < -0.3 is 10.2 Å². The van der Waals surface area contributed by atoms with Crippen molar-refractivity contribution in [3.8, 4) is 5.88 Å². The molecule has 3 heterocycles. The van der Waals surface area contributed by atoms with Crippen molar-refractivity contribution < 1.29 is 22.8 Å². The molecule has 30 heavy (non-hydrogen) atoms. The molecule has 1 N–H and O–H groups in total. The van der Waals surface area contributed by atoms with Crippen molar-refractivity contribution in [3.05, 3.63) is 77.1 Å². The third-order valence-electron chi connectivity index (χ3n) is 4.09. The fourth-order valence-corrected chi connectivity index (χ4v) is 2.44. The second-order valence-corrected chi connectivity index (χ2v) is 6.10. The Morgan fingerprint density at radius 3 is 2.57 bits per heavy atom. The Bertz CT molecular complexity index is 1100. The highest BCUT2D eigenvalue weighted by Gasteiger charge is 2.14. The normalized spacial score (nSPS) is 11.3. The summed E-state index contributed by atoms with van der Waals surface area (Å²) in [5.41, 5.74) is 1.26. The Morgan fingerprint density at radius 1 is 1.10 bits per heavy atom. The highest BCUT2D eigenvalue weighted by atomic mass is 19.1. The largest absolute Gasteiger partial charge is 0.333 e. The van der Waals surface area contributed by atoms with Gasteiger partial charge in [-0.15, -0.1) is 0 Å². The molecule has 3 rings (SSSR count). The van der Waals surface area contributed by atoms with Gasteiger partial charge in [-0.25, -0.2) is 23.1 Å². The number of nitrogens with one attached hydrogen (secondary N) is 1. The zero-order valence-corrected chi connectivity index (χ0v) is 16.0. The molecule has 3 aromatic rings. The SMILES string of the molecule is CC/C(=N/Oc1ncc(F)cc1F)c1ccc(NC(=O)c2cncc(F)c2C)nc1. The van der Waals surface area contributed by atoms with Crippen molar-refractivity contribution in [2.75, 3.05) is 5.32 Å². The Morgan fingerprint density at radius 2 is 1.90 bits per heavy atom. The van der Waals surface area contributed by atoms with Gasteiger partial charge in [0.1, 0.15) is 17.5 Å². The van der Waals surface area contributed by atoms with E-state index in [0.717, 1.165) is 12.4 Å². The Labute approximate surface area is 169 Å². The molecule has 0 radical (unpaired) electrons. The number of hydrogen-bond acceptors (Lipinski definition) is 6. The number of pyridine rings is 3. The number of carbonyl (C=O) groups excluding carboxylic acids is 1. The first kappa shape index (κ1) is 20.9. The van der Waals surface area contributed by atoms with E-state index in [9.17, 15) is 18.0 Å². The zero-order chi connectivity index (χ0) is 21.7. The van der Waals surface area contributed by atoms with Crippen LogP contribution in [0.5, 0.6) is 5.88 Å². The van der Waals surface area contributed by atoms with Gasteiger partial charge in [-0.3, -0.25) is 9.78 Å². The van der Waals surface area contributed by atoms with Gasteiger partial charge in [0.25, 0.3) is 11.8 Å². The Kier molecular flexibility index (Phi) is 6.35. The van der Waals surface area contributed by atoms with Crippen molar-refractivity contribution in [2.45, 2.75) is 20.3 Å². The van der Waals surface area contributed by atoms with Crippen molar-refractivity contribution in [3.63, 3.8) is 0 Å². The number of aromatic nitrogens is 3. The highest BCUT2D eigenvalue weighted by Crippen LogP contribution is 2.16. The van der Waals surface area contributed by atoms with Gasteiger partial charge in [-0.2, -0.15) is 0 Å². The number of rotatable bonds is 6. The summed E-state index contributed by atoms with van der Waals surface area (Å²) >= 11 is 0. The minimum Gasteiger partial charge on any atom is -0.333 e. The number of nitrogens with zero attached hydrogens (tertiary/aromatic N) is 4. The van der Waals surface area contributed by atoms with E-state index >= 15 is 0 Å². The van der Waals surface area contributed by atoms with Crippen LogP contribution in [0.1, 0.15) is 34.8 Å².